The summed E-state index contributed by atoms with van der Waals surface area (Å²) in [5.41, 5.74) is 6.92. The third-order valence-corrected chi connectivity index (χ3v) is 6.44. The molecule has 1 unspecified atom stereocenters. The van der Waals surface area contributed by atoms with Gasteiger partial charge in [-0.25, -0.2) is 9.78 Å². The molecule has 5 rings (SSSR count). The maximum Gasteiger partial charge on any atom is 0.322 e. The van der Waals surface area contributed by atoms with Gasteiger partial charge in [0.05, 0.1) is 17.1 Å². The van der Waals surface area contributed by atoms with E-state index in [1.807, 2.05) is 17.0 Å². The van der Waals surface area contributed by atoms with Crippen molar-refractivity contribution in [3.63, 3.8) is 0 Å². The highest BCUT2D eigenvalue weighted by Crippen LogP contribution is 2.42. The van der Waals surface area contributed by atoms with Gasteiger partial charge in [-0.05, 0) is 61.8 Å². The van der Waals surface area contributed by atoms with Crippen LogP contribution in [0.3, 0.4) is 0 Å². The second-order valence-corrected chi connectivity index (χ2v) is 9.23. The zero-order chi connectivity index (χ0) is 20.8. The first-order chi connectivity index (χ1) is 14.5. The Balaban J connectivity index is 1.47. The third-order valence-electron chi connectivity index (χ3n) is 6.44. The van der Waals surface area contributed by atoms with E-state index in [1.54, 1.807) is 0 Å². The smallest absolute Gasteiger partial charge is 0.322 e. The summed E-state index contributed by atoms with van der Waals surface area (Å²) in [7, 11) is 0. The standard InChI is InChI=1S/C25H30N4O/c1-15(2)10-11-17-6-4-9-21-24(17)28-22(26-21)14-18-7-5-8-20-23(18)16(3)29(19-12-13-19)25(30)27-20/h4-9,15-16,19H,10-14H2,1-3H3,(H,26,28)(H,27,30). The Labute approximate surface area is 177 Å². The molecule has 156 valence electrons. The van der Waals surface area contributed by atoms with Gasteiger partial charge in [0.25, 0.3) is 0 Å². The lowest BCUT2D eigenvalue weighted by Gasteiger charge is -2.37. The van der Waals surface area contributed by atoms with Gasteiger partial charge in [-0.3, -0.25) is 0 Å². The van der Waals surface area contributed by atoms with Crippen molar-refractivity contribution < 1.29 is 4.79 Å². The molecule has 5 nitrogen and oxygen atoms in total. The molecule has 0 radical (unpaired) electrons. The molecule has 2 aromatic carbocycles. The Bertz CT molecular complexity index is 1100. The summed E-state index contributed by atoms with van der Waals surface area (Å²) in [5, 5.41) is 3.11. The number of carbonyl (C=O) groups is 1. The number of nitrogens with zero attached hydrogens (tertiary/aromatic N) is 2. The highest BCUT2D eigenvalue weighted by molar-refractivity contribution is 5.93. The number of urea groups is 1. The Morgan fingerprint density at radius 3 is 2.67 bits per heavy atom. The van der Waals surface area contributed by atoms with E-state index in [1.165, 1.54) is 23.1 Å². The number of amides is 2. The van der Waals surface area contributed by atoms with Crippen LogP contribution in [-0.2, 0) is 12.8 Å². The summed E-state index contributed by atoms with van der Waals surface area (Å²) in [6, 6.07) is 13.2. The molecule has 0 bridgehead atoms. The number of aromatic amines is 1. The number of imidazole rings is 1. The summed E-state index contributed by atoms with van der Waals surface area (Å²) in [5.74, 6) is 1.66. The molecule has 2 aliphatic rings. The molecule has 0 saturated heterocycles. The molecule has 1 atom stereocenters. The minimum Gasteiger partial charge on any atom is -0.342 e. The van der Waals surface area contributed by atoms with E-state index in [2.05, 4.69) is 55.3 Å². The number of rotatable bonds is 6. The monoisotopic (exact) mass is 402 g/mol. The first-order valence-corrected chi connectivity index (χ1v) is 11.2. The van der Waals surface area contributed by atoms with Gasteiger partial charge in [0.15, 0.2) is 0 Å². The summed E-state index contributed by atoms with van der Waals surface area (Å²) in [6.07, 6.45) is 5.18. The largest absolute Gasteiger partial charge is 0.342 e. The van der Waals surface area contributed by atoms with E-state index < -0.39 is 0 Å². The first kappa shape index (κ1) is 19.2. The molecule has 30 heavy (non-hydrogen) atoms. The molecule has 2 heterocycles. The van der Waals surface area contributed by atoms with Gasteiger partial charge in [-0.1, -0.05) is 38.1 Å². The van der Waals surface area contributed by atoms with Gasteiger partial charge in [0.1, 0.15) is 5.82 Å². The average molecular weight is 403 g/mol. The molecule has 5 heteroatoms. The second-order valence-electron chi connectivity index (χ2n) is 9.23. The van der Waals surface area contributed by atoms with Gasteiger partial charge in [-0.15, -0.1) is 0 Å². The topological polar surface area (TPSA) is 61.0 Å². The molecule has 0 spiro atoms. The number of anilines is 1. The van der Waals surface area contributed by atoms with E-state index in [4.69, 9.17) is 4.98 Å². The SMILES string of the molecule is CC(C)CCc1cccc2[nH]c(Cc3cccc4c3C(C)N(C3CC3)C(=O)N4)nc12. The average Bonchev–Trinajstić information content (AvgIpc) is 3.44. The number of fused-ring (bicyclic) bond motifs is 2. The molecular weight excluding hydrogens is 372 g/mol. The molecule has 2 amide bonds. The fraction of sp³-hybridized carbons (Fsp3) is 0.440. The van der Waals surface area contributed by atoms with E-state index in [9.17, 15) is 4.79 Å². The second kappa shape index (κ2) is 7.46. The van der Waals surface area contributed by atoms with Crippen molar-refractivity contribution in [1.29, 1.82) is 0 Å². The van der Waals surface area contributed by atoms with Crippen LogP contribution in [0.2, 0.25) is 0 Å². The molecule has 1 aliphatic heterocycles. The van der Waals surface area contributed by atoms with Crippen LogP contribution in [0.1, 0.15) is 68.6 Å². The highest BCUT2D eigenvalue weighted by Gasteiger charge is 2.40. The summed E-state index contributed by atoms with van der Waals surface area (Å²) in [4.78, 5) is 23.1. The number of para-hydroxylation sites is 1. The van der Waals surface area contributed by atoms with E-state index >= 15 is 0 Å². The van der Waals surface area contributed by atoms with Gasteiger partial charge in [0, 0.05) is 23.7 Å². The van der Waals surface area contributed by atoms with Gasteiger partial charge < -0.3 is 15.2 Å². The van der Waals surface area contributed by atoms with Gasteiger partial charge in [-0.2, -0.15) is 0 Å². The lowest BCUT2D eigenvalue weighted by Crippen LogP contribution is -2.43. The number of hydrogen-bond donors (Lipinski definition) is 2. The van der Waals surface area contributed by atoms with E-state index in [0.717, 1.165) is 48.2 Å². The number of aryl methyl sites for hydroxylation is 1. The summed E-state index contributed by atoms with van der Waals surface area (Å²) < 4.78 is 0. The molecule has 1 aromatic heterocycles. The zero-order valence-electron chi connectivity index (χ0n) is 18.0. The zero-order valence-corrected chi connectivity index (χ0v) is 18.0. The predicted octanol–water partition coefficient (Wildman–Crippen LogP) is 5.81. The number of aromatic nitrogens is 2. The van der Waals surface area contributed by atoms with Crippen molar-refractivity contribution >= 4 is 22.8 Å². The van der Waals surface area contributed by atoms with Crippen LogP contribution in [0.15, 0.2) is 36.4 Å². The van der Waals surface area contributed by atoms with Crippen LogP contribution < -0.4 is 5.32 Å². The minimum absolute atomic E-state index is 0.0354. The molecule has 3 aromatic rings. The number of benzene rings is 2. The van der Waals surface area contributed by atoms with E-state index in [0.29, 0.717) is 12.0 Å². The van der Waals surface area contributed by atoms with Crippen LogP contribution in [0.25, 0.3) is 11.0 Å². The minimum atomic E-state index is 0.0354. The van der Waals surface area contributed by atoms with Crippen molar-refractivity contribution in [2.45, 2.75) is 65.0 Å². The van der Waals surface area contributed by atoms with Crippen LogP contribution in [-0.4, -0.2) is 26.9 Å². The van der Waals surface area contributed by atoms with Crippen molar-refractivity contribution in [3.8, 4) is 0 Å². The number of hydrogen-bond acceptors (Lipinski definition) is 2. The Hall–Kier alpha value is -2.82. The van der Waals surface area contributed by atoms with Crippen LogP contribution in [0.4, 0.5) is 10.5 Å². The van der Waals surface area contributed by atoms with Crippen LogP contribution in [0.5, 0.6) is 0 Å². The normalized spacial score (nSPS) is 18.7. The molecule has 1 saturated carbocycles. The van der Waals surface area contributed by atoms with Crippen molar-refractivity contribution in [3.05, 3.63) is 58.9 Å². The Kier molecular flexibility index (Phi) is 4.76. The molecule has 1 fully saturated rings. The lowest BCUT2D eigenvalue weighted by molar-refractivity contribution is 0.185. The maximum absolute atomic E-state index is 12.6. The predicted molar refractivity (Wildman–Crippen MR) is 121 cm³/mol. The van der Waals surface area contributed by atoms with Gasteiger partial charge >= 0.3 is 6.03 Å². The van der Waals surface area contributed by atoms with Gasteiger partial charge in [0.2, 0.25) is 0 Å². The summed E-state index contributed by atoms with van der Waals surface area (Å²) >= 11 is 0. The third kappa shape index (κ3) is 3.47. The Morgan fingerprint density at radius 2 is 1.90 bits per heavy atom. The van der Waals surface area contributed by atoms with Crippen LogP contribution >= 0.6 is 0 Å². The quantitative estimate of drug-likeness (QED) is 0.546. The van der Waals surface area contributed by atoms with E-state index in [-0.39, 0.29) is 12.1 Å². The fourth-order valence-corrected chi connectivity index (χ4v) is 4.75. The fourth-order valence-electron chi connectivity index (χ4n) is 4.75. The van der Waals surface area contributed by atoms with Crippen LogP contribution in [0, 0.1) is 5.92 Å². The number of carbonyl (C=O) groups excluding carboxylic acids is 1. The van der Waals surface area contributed by atoms with Crippen molar-refractivity contribution in [2.75, 3.05) is 5.32 Å². The van der Waals surface area contributed by atoms with Crippen molar-refractivity contribution in [2.24, 2.45) is 5.92 Å². The van der Waals surface area contributed by atoms with Crippen molar-refractivity contribution in [1.82, 2.24) is 14.9 Å². The lowest BCUT2D eigenvalue weighted by atomic mass is 9.94. The number of nitrogens with one attached hydrogen (secondary N) is 2. The Morgan fingerprint density at radius 1 is 1.13 bits per heavy atom. The first-order valence-electron chi connectivity index (χ1n) is 11.2. The molecule has 1 aliphatic carbocycles. The highest BCUT2D eigenvalue weighted by atomic mass is 16.2. The summed E-state index contributed by atoms with van der Waals surface area (Å²) in [6.45, 7) is 6.68. The number of H-pyrrole nitrogens is 1. The molecular formula is C25H30N4O. The maximum atomic E-state index is 12.6. The molecule has 2 N–H and O–H groups in total.